The van der Waals surface area contributed by atoms with E-state index in [2.05, 4.69) is 4.98 Å². The van der Waals surface area contributed by atoms with Gasteiger partial charge in [-0.1, -0.05) is 11.6 Å². The third-order valence-corrected chi connectivity index (χ3v) is 2.61. The van der Waals surface area contributed by atoms with Crippen molar-refractivity contribution in [3.8, 4) is 11.6 Å². The van der Waals surface area contributed by atoms with Crippen molar-refractivity contribution < 1.29 is 19.4 Å². The Hall–Kier alpha value is -2.89. The van der Waals surface area contributed by atoms with E-state index in [1.165, 1.54) is 24.4 Å². The van der Waals surface area contributed by atoms with E-state index in [0.717, 1.165) is 5.56 Å². The van der Waals surface area contributed by atoms with E-state index in [1.807, 2.05) is 0 Å². The molecule has 6 heteroatoms. The number of nitrogens with zero attached hydrogens (tertiary/aromatic N) is 1. The second-order valence-corrected chi connectivity index (χ2v) is 4.13. The van der Waals surface area contributed by atoms with Crippen LogP contribution in [0.2, 0.25) is 0 Å². The molecule has 0 atom stereocenters. The summed E-state index contributed by atoms with van der Waals surface area (Å²) in [4.78, 5) is 26.4. The van der Waals surface area contributed by atoms with Gasteiger partial charge in [-0.25, -0.2) is 9.78 Å². The van der Waals surface area contributed by atoms with Gasteiger partial charge in [0.2, 0.25) is 5.88 Å². The van der Waals surface area contributed by atoms with Crippen molar-refractivity contribution in [3.63, 3.8) is 0 Å². The molecule has 0 spiro atoms. The molecule has 2 aromatic rings. The fourth-order valence-corrected chi connectivity index (χ4v) is 1.66. The first-order valence-electron chi connectivity index (χ1n) is 5.75. The number of carboxylic acid groups (broad SMARTS) is 1. The van der Waals surface area contributed by atoms with Crippen LogP contribution < -0.4 is 10.5 Å². The molecule has 1 aromatic heterocycles. The average Bonchev–Trinajstić information content (AvgIpc) is 2.41. The van der Waals surface area contributed by atoms with E-state index >= 15 is 0 Å². The highest BCUT2D eigenvalue weighted by molar-refractivity contribution is 5.95. The van der Waals surface area contributed by atoms with Crippen LogP contribution in [0.4, 0.5) is 0 Å². The molecule has 0 unspecified atom stereocenters. The van der Waals surface area contributed by atoms with Crippen molar-refractivity contribution in [3.05, 3.63) is 53.2 Å². The Balaban J connectivity index is 2.45. The number of hydrogen-bond acceptors (Lipinski definition) is 4. The van der Waals surface area contributed by atoms with Crippen molar-refractivity contribution in [2.45, 2.75) is 6.92 Å². The van der Waals surface area contributed by atoms with E-state index in [-0.39, 0.29) is 22.8 Å². The number of aryl methyl sites for hydroxylation is 1. The molecule has 6 nitrogen and oxygen atoms in total. The molecule has 0 radical (unpaired) electrons. The van der Waals surface area contributed by atoms with Crippen LogP contribution in [0.15, 0.2) is 36.5 Å². The Morgan fingerprint density at radius 1 is 1.25 bits per heavy atom. The van der Waals surface area contributed by atoms with E-state index < -0.39 is 11.9 Å². The number of primary amides is 1. The summed E-state index contributed by atoms with van der Waals surface area (Å²) in [6.07, 6.45) is 1.43. The molecule has 1 aromatic carbocycles. The number of rotatable bonds is 4. The number of carbonyl (C=O) groups excluding carboxylic acids is 1. The normalized spacial score (nSPS) is 10.1. The van der Waals surface area contributed by atoms with Gasteiger partial charge in [0.05, 0.1) is 0 Å². The van der Waals surface area contributed by atoms with Crippen LogP contribution in [0.1, 0.15) is 26.3 Å². The Bertz CT molecular complexity index is 683. The Morgan fingerprint density at radius 2 is 2.00 bits per heavy atom. The van der Waals surface area contributed by atoms with Crippen LogP contribution in [0.25, 0.3) is 0 Å². The SMILES string of the molecule is Cc1ccc(Oc2ncccc2C(N)=O)c(C(=O)O)c1. The number of ether oxygens (including phenoxy) is 1. The monoisotopic (exact) mass is 272 g/mol. The van der Waals surface area contributed by atoms with E-state index in [9.17, 15) is 9.59 Å². The van der Waals surface area contributed by atoms with Gasteiger partial charge in [0.15, 0.2) is 0 Å². The van der Waals surface area contributed by atoms with Gasteiger partial charge in [-0.15, -0.1) is 0 Å². The summed E-state index contributed by atoms with van der Waals surface area (Å²) in [7, 11) is 0. The molecule has 2 rings (SSSR count). The van der Waals surface area contributed by atoms with E-state index in [0.29, 0.717) is 0 Å². The molecule has 0 aliphatic carbocycles. The predicted octanol–water partition coefficient (Wildman–Crippen LogP) is 1.98. The number of hydrogen-bond donors (Lipinski definition) is 2. The van der Waals surface area contributed by atoms with Gasteiger partial charge < -0.3 is 15.6 Å². The van der Waals surface area contributed by atoms with E-state index in [1.54, 1.807) is 19.1 Å². The highest BCUT2D eigenvalue weighted by Gasteiger charge is 2.16. The summed E-state index contributed by atoms with van der Waals surface area (Å²) in [5.41, 5.74) is 6.08. The maximum atomic E-state index is 11.3. The highest BCUT2D eigenvalue weighted by atomic mass is 16.5. The van der Waals surface area contributed by atoms with Gasteiger partial charge in [-0.05, 0) is 31.2 Å². The minimum atomic E-state index is -1.12. The fraction of sp³-hybridized carbons (Fsp3) is 0.0714. The first kappa shape index (κ1) is 13.5. The summed E-state index contributed by atoms with van der Waals surface area (Å²) in [6.45, 7) is 1.77. The molecule has 0 saturated carbocycles. The zero-order chi connectivity index (χ0) is 14.7. The smallest absolute Gasteiger partial charge is 0.339 e. The molecule has 1 heterocycles. The third kappa shape index (κ3) is 2.74. The molecule has 0 fully saturated rings. The number of pyridine rings is 1. The van der Waals surface area contributed by atoms with Gasteiger partial charge in [-0.2, -0.15) is 0 Å². The van der Waals surface area contributed by atoms with Crippen LogP contribution in [-0.2, 0) is 0 Å². The van der Waals surface area contributed by atoms with Gasteiger partial charge in [0.25, 0.3) is 5.91 Å². The molecule has 0 bridgehead atoms. The van der Waals surface area contributed by atoms with Crippen LogP contribution in [0.5, 0.6) is 11.6 Å². The van der Waals surface area contributed by atoms with Gasteiger partial charge in [-0.3, -0.25) is 4.79 Å². The number of carbonyl (C=O) groups is 2. The van der Waals surface area contributed by atoms with Crippen molar-refractivity contribution >= 4 is 11.9 Å². The maximum absolute atomic E-state index is 11.3. The quantitative estimate of drug-likeness (QED) is 0.885. The minimum absolute atomic E-state index is 0.00827. The lowest BCUT2D eigenvalue weighted by Crippen LogP contribution is -2.13. The average molecular weight is 272 g/mol. The Morgan fingerprint density at radius 3 is 2.65 bits per heavy atom. The first-order valence-corrected chi connectivity index (χ1v) is 5.75. The third-order valence-electron chi connectivity index (χ3n) is 2.61. The van der Waals surface area contributed by atoms with Crippen molar-refractivity contribution in [2.24, 2.45) is 5.73 Å². The zero-order valence-corrected chi connectivity index (χ0v) is 10.7. The number of benzene rings is 1. The van der Waals surface area contributed by atoms with Crippen LogP contribution in [-0.4, -0.2) is 22.0 Å². The number of amides is 1. The zero-order valence-electron chi connectivity index (χ0n) is 10.7. The van der Waals surface area contributed by atoms with Crippen LogP contribution in [0.3, 0.4) is 0 Å². The Kier molecular flexibility index (Phi) is 3.65. The standard InChI is InChI=1S/C14H12N2O4/c1-8-4-5-11(10(7-8)14(18)19)20-13-9(12(15)17)3-2-6-16-13/h2-7H,1H3,(H2,15,17)(H,18,19). The van der Waals surface area contributed by atoms with Crippen LogP contribution >= 0.6 is 0 Å². The van der Waals surface area contributed by atoms with Gasteiger partial charge in [0.1, 0.15) is 16.9 Å². The topological polar surface area (TPSA) is 103 Å². The molecule has 20 heavy (non-hydrogen) atoms. The van der Waals surface area contributed by atoms with Crippen molar-refractivity contribution in [2.75, 3.05) is 0 Å². The second kappa shape index (κ2) is 5.40. The minimum Gasteiger partial charge on any atom is -0.478 e. The molecule has 0 aliphatic heterocycles. The van der Waals surface area contributed by atoms with Gasteiger partial charge in [0, 0.05) is 6.20 Å². The summed E-state index contributed by atoms with van der Waals surface area (Å²) >= 11 is 0. The lowest BCUT2D eigenvalue weighted by molar-refractivity contribution is 0.0694. The molecule has 0 saturated heterocycles. The summed E-state index contributed by atoms with van der Waals surface area (Å²) in [5.74, 6) is -1.74. The number of carboxylic acids is 1. The van der Waals surface area contributed by atoms with Crippen molar-refractivity contribution in [1.82, 2.24) is 4.98 Å². The van der Waals surface area contributed by atoms with Crippen LogP contribution in [0, 0.1) is 6.92 Å². The predicted molar refractivity (Wildman–Crippen MR) is 71.0 cm³/mol. The summed E-state index contributed by atoms with van der Waals surface area (Å²) in [6, 6.07) is 7.69. The summed E-state index contributed by atoms with van der Waals surface area (Å²) in [5, 5.41) is 9.15. The second-order valence-electron chi connectivity index (χ2n) is 4.13. The lowest BCUT2D eigenvalue weighted by Gasteiger charge is -2.10. The number of aromatic carboxylic acids is 1. The molecular weight excluding hydrogens is 260 g/mol. The first-order chi connectivity index (χ1) is 9.49. The van der Waals surface area contributed by atoms with Gasteiger partial charge >= 0.3 is 5.97 Å². The molecule has 3 N–H and O–H groups in total. The molecule has 0 aliphatic rings. The van der Waals surface area contributed by atoms with E-state index in [4.69, 9.17) is 15.6 Å². The summed E-state index contributed by atoms with van der Waals surface area (Å²) < 4.78 is 5.43. The lowest BCUT2D eigenvalue weighted by atomic mass is 10.1. The number of aromatic nitrogens is 1. The number of nitrogens with two attached hydrogens (primary N) is 1. The Labute approximate surface area is 114 Å². The molecular formula is C14H12N2O4. The molecule has 1 amide bonds. The largest absolute Gasteiger partial charge is 0.478 e. The fourth-order valence-electron chi connectivity index (χ4n) is 1.66. The molecule has 102 valence electrons. The highest BCUT2D eigenvalue weighted by Crippen LogP contribution is 2.27. The maximum Gasteiger partial charge on any atom is 0.339 e. The van der Waals surface area contributed by atoms with Crippen molar-refractivity contribution in [1.29, 1.82) is 0 Å².